The molecular formula is C12H26N2O2. The van der Waals surface area contributed by atoms with Crippen LogP contribution in [0, 0.1) is 0 Å². The Morgan fingerprint density at radius 3 is 2.38 bits per heavy atom. The summed E-state index contributed by atoms with van der Waals surface area (Å²) in [5.74, 6) is 0.0929. The van der Waals surface area contributed by atoms with Crippen molar-refractivity contribution in [2.24, 2.45) is 0 Å². The van der Waals surface area contributed by atoms with E-state index in [0.717, 1.165) is 32.4 Å². The van der Waals surface area contributed by atoms with Crippen molar-refractivity contribution in [2.45, 2.75) is 52.0 Å². The van der Waals surface area contributed by atoms with E-state index in [1.165, 1.54) is 0 Å². The lowest BCUT2D eigenvalue weighted by atomic mass is 10.1. The molecule has 0 aliphatic carbocycles. The van der Waals surface area contributed by atoms with Crippen LogP contribution in [0.15, 0.2) is 0 Å². The maximum Gasteiger partial charge on any atom is 0.221 e. The second kappa shape index (κ2) is 8.53. The largest absolute Gasteiger partial charge is 0.396 e. The Morgan fingerprint density at radius 1 is 1.12 bits per heavy atom. The highest BCUT2D eigenvalue weighted by atomic mass is 16.2. The molecule has 3 N–H and O–H groups in total. The molecule has 96 valence electrons. The summed E-state index contributed by atoms with van der Waals surface area (Å²) in [5, 5.41) is 14.7. The van der Waals surface area contributed by atoms with Gasteiger partial charge in [-0.3, -0.25) is 4.79 Å². The normalized spacial score (nSPS) is 11.5. The Labute approximate surface area is 98.8 Å². The molecule has 0 rings (SSSR count). The molecule has 1 amide bonds. The number of aliphatic hydroxyl groups is 1. The number of aliphatic hydroxyl groups excluding tert-OH is 1. The van der Waals surface area contributed by atoms with Gasteiger partial charge in [0, 0.05) is 25.1 Å². The van der Waals surface area contributed by atoms with Gasteiger partial charge in [-0.2, -0.15) is 0 Å². The number of nitrogens with one attached hydrogen (secondary N) is 2. The van der Waals surface area contributed by atoms with Crippen LogP contribution in [-0.4, -0.2) is 36.2 Å². The maximum absolute atomic E-state index is 11.4. The summed E-state index contributed by atoms with van der Waals surface area (Å²) >= 11 is 0. The van der Waals surface area contributed by atoms with Crippen LogP contribution in [0.1, 0.15) is 46.5 Å². The van der Waals surface area contributed by atoms with Gasteiger partial charge in [-0.25, -0.2) is 0 Å². The van der Waals surface area contributed by atoms with Crippen LogP contribution in [0.5, 0.6) is 0 Å². The monoisotopic (exact) mass is 230 g/mol. The molecule has 4 nitrogen and oxygen atoms in total. The number of carbonyl (C=O) groups is 1. The van der Waals surface area contributed by atoms with Crippen molar-refractivity contribution < 1.29 is 9.90 Å². The van der Waals surface area contributed by atoms with Crippen LogP contribution in [0.4, 0.5) is 0 Å². The topological polar surface area (TPSA) is 61.4 Å². The number of hydrogen-bond acceptors (Lipinski definition) is 3. The van der Waals surface area contributed by atoms with Crippen LogP contribution in [0.2, 0.25) is 0 Å². The molecule has 0 spiro atoms. The molecule has 0 saturated heterocycles. The minimum Gasteiger partial charge on any atom is -0.396 e. The third kappa shape index (κ3) is 11.5. The minimum atomic E-state index is -0.141. The molecule has 16 heavy (non-hydrogen) atoms. The SMILES string of the molecule is CC(C)(C)NC(=O)CCNCCCCCO. The van der Waals surface area contributed by atoms with Crippen molar-refractivity contribution in [3.63, 3.8) is 0 Å². The lowest BCUT2D eigenvalue weighted by Gasteiger charge is -2.20. The van der Waals surface area contributed by atoms with Gasteiger partial charge in [0.25, 0.3) is 0 Å². The Hall–Kier alpha value is -0.610. The first kappa shape index (κ1) is 15.4. The fraction of sp³-hybridized carbons (Fsp3) is 0.917. The fourth-order valence-corrected chi connectivity index (χ4v) is 1.35. The quantitative estimate of drug-likeness (QED) is 0.546. The number of amides is 1. The summed E-state index contributed by atoms with van der Waals surface area (Å²) < 4.78 is 0. The molecule has 4 heteroatoms. The molecule has 0 heterocycles. The van der Waals surface area contributed by atoms with Gasteiger partial charge in [-0.05, 0) is 46.6 Å². The number of carbonyl (C=O) groups excluding carboxylic acids is 1. The van der Waals surface area contributed by atoms with Crippen molar-refractivity contribution in [3.8, 4) is 0 Å². The Morgan fingerprint density at radius 2 is 1.81 bits per heavy atom. The Bertz CT molecular complexity index is 188. The van der Waals surface area contributed by atoms with Gasteiger partial charge in [-0.1, -0.05) is 0 Å². The summed E-state index contributed by atoms with van der Waals surface area (Å²) in [4.78, 5) is 11.4. The first-order chi connectivity index (χ1) is 7.45. The molecule has 0 unspecified atom stereocenters. The van der Waals surface area contributed by atoms with Crippen molar-refractivity contribution in [1.29, 1.82) is 0 Å². The molecule has 0 radical (unpaired) electrons. The first-order valence-corrected chi connectivity index (χ1v) is 6.08. The van der Waals surface area contributed by atoms with Crippen molar-refractivity contribution in [1.82, 2.24) is 10.6 Å². The molecule has 0 aromatic heterocycles. The minimum absolute atomic E-state index is 0.0929. The van der Waals surface area contributed by atoms with Crippen LogP contribution < -0.4 is 10.6 Å². The van der Waals surface area contributed by atoms with Crippen molar-refractivity contribution >= 4 is 5.91 Å². The fourth-order valence-electron chi connectivity index (χ4n) is 1.35. The molecule has 0 aromatic rings. The summed E-state index contributed by atoms with van der Waals surface area (Å²) in [6.07, 6.45) is 3.49. The molecule has 0 atom stereocenters. The maximum atomic E-state index is 11.4. The van der Waals surface area contributed by atoms with Gasteiger partial charge in [-0.15, -0.1) is 0 Å². The van der Waals surface area contributed by atoms with E-state index in [-0.39, 0.29) is 18.1 Å². The van der Waals surface area contributed by atoms with E-state index in [1.54, 1.807) is 0 Å². The molecule has 0 bridgehead atoms. The standard InChI is InChI=1S/C12H26N2O2/c1-12(2,3)14-11(16)7-9-13-8-5-4-6-10-15/h13,15H,4-10H2,1-3H3,(H,14,16). The van der Waals surface area contributed by atoms with E-state index < -0.39 is 0 Å². The molecule has 0 aliphatic rings. The van der Waals surface area contributed by atoms with Gasteiger partial charge in [0.15, 0.2) is 0 Å². The summed E-state index contributed by atoms with van der Waals surface area (Å²) in [7, 11) is 0. The van der Waals surface area contributed by atoms with Gasteiger partial charge >= 0.3 is 0 Å². The second-order valence-corrected chi connectivity index (χ2v) is 5.08. The van der Waals surface area contributed by atoms with E-state index in [2.05, 4.69) is 10.6 Å². The highest BCUT2D eigenvalue weighted by Crippen LogP contribution is 1.98. The van der Waals surface area contributed by atoms with Gasteiger partial charge < -0.3 is 15.7 Å². The zero-order valence-corrected chi connectivity index (χ0v) is 10.8. The predicted molar refractivity (Wildman–Crippen MR) is 66.3 cm³/mol. The van der Waals surface area contributed by atoms with Crippen molar-refractivity contribution in [3.05, 3.63) is 0 Å². The van der Waals surface area contributed by atoms with Crippen LogP contribution in [0.3, 0.4) is 0 Å². The van der Waals surface area contributed by atoms with Crippen LogP contribution in [-0.2, 0) is 4.79 Å². The molecule has 0 saturated carbocycles. The van der Waals surface area contributed by atoms with E-state index in [1.807, 2.05) is 20.8 Å². The van der Waals surface area contributed by atoms with Gasteiger partial charge in [0.2, 0.25) is 5.91 Å². The summed E-state index contributed by atoms with van der Waals surface area (Å²) in [6.45, 7) is 7.85. The summed E-state index contributed by atoms with van der Waals surface area (Å²) in [5.41, 5.74) is -0.141. The number of unbranched alkanes of at least 4 members (excludes halogenated alkanes) is 2. The smallest absolute Gasteiger partial charge is 0.221 e. The molecule has 0 fully saturated rings. The lowest BCUT2D eigenvalue weighted by molar-refractivity contribution is -0.122. The van der Waals surface area contributed by atoms with Crippen LogP contribution >= 0.6 is 0 Å². The first-order valence-electron chi connectivity index (χ1n) is 6.08. The van der Waals surface area contributed by atoms with E-state index in [0.29, 0.717) is 6.42 Å². The van der Waals surface area contributed by atoms with Crippen molar-refractivity contribution in [2.75, 3.05) is 19.7 Å². The van der Waals surface area contributed by atoms with Crippen LogP contribution in [0.25, 0.3) is 0 Å². The predicted octanol–water partition coefficient (Wildman–Crippen LogP) is 1.04. The molecular weight excluding hydrogens is 204 g/mol. The number of hydrogen-bond donors (Lipinski definition) is 3. The zero-order chi connectivity index (χ0) is 12.4. The summed E-state index contributed by atoms with van der Waals surface area (Å²) in [6, 6.07) is 0. The van der Waals surface area contributed by atoms with E-state index in [4.69, 9.17) is 5.11 Å². The van der Waals surface area contributed by atoms with E-state index in [9.17, 15) is 4.79 Å². The average Bonchev–Trinajstić information content (AvgIpc) is 2.13. The highest BCUT2D eigenvalue weighted by Gasteiger charge is 2.12. The Balaban J connectivity index is 3.28. The number of rotatable bonds is 8. The van der Waals surface area contributed by atoms with Gasteiger partial charge in [0.1, 0.15) is 0 Å². The third-order valence-electron chi connectivity index (χ3n) is 2.05. The molecule has 0 aromatic carbocycles. The second-order valence-electron chi connectivity index (χ2n) is 5.08. The Kier molecular flexibility index (Phi) is 8.21. The zero-order valence-electron chi connectivity index (χ0n) is 10.8. The molecule has 0 aliphatic heterocycles. The van der Waals surface area contributed by atoms with Gasteiger partial charge in [0.05, 0.1) is 0 Å². The average molecular weight is 230 g/mol. The highest BCUT2D eigenvalue weighted by molar-refractivity contribution is 5.76. The third-order valence-corrected chi connectivity index (χ3v) is 2.05. The lowest BCUT2D eigenvalue weighted by Crippen LogP contribution is -2.41. The van der Waals surface area contributed by atoms with E-state index >= 15 is 0 Å².